The van der Waals surface area contributed by atoms with Crippen LogP contribution in [0.2, 0.25) is 0 Å². The van der Waals surface area contributed by atoms with Gasteiger partial charge >= 0.3 is 0 Å². The van der Waals surface area contributed by atoms with Gasteiger partial charge < -0.3 is 9.73 Å². The second-order valence-corrected chi connectivity index (χ2v) is 11.6. The van der Waals surface area contributed by atoms with Crippen LogP contribution in [0.5, 0.6) is 0 Å². The molecule has 6 aromatic carbocycles. The Labute approximate surface area is 236 Å². The smallest absolute Gasteiger partial charge is 0.158 e. The maximum atomic E-state index is 6.42. The predicted molar refractivity (Wildman–Crippen MR) is 165 cm³/mol. The minimum absolute atomic E-state index is 0.435. The Morgan fingerprint density at radius 3 is 1.93 bits per heavy atom. The number of hydrogen-bond acceptors (Lipinski definition) is 3. The molecule has 0 bridgehead atoms. The van der Waals surface area contributed by atoms with Crippen molar-refractivity contribution in [2.75, 3.05) is 5.32 Å². The van der Waals surface area contributed by atoms with E-state index in [0.29, 0.717) is 0 Å². The molecule has 0 saturated heterocycles. The third-order valence-corrected chi connectivity index (χ3v) is 9.67. The van der Waals surface area contributed by atoms with Crippen molar-refractivity contribution in [3.05, 3.63) is 156 Å². The maximum absolute atomic E-state index is 6.42. The molecule has 1 aliphatic carbocycles. The molecule has 1 N–H and O–H groups in total. The molecule has 1 spiro atoms. The number of hydrogen-bond donors (Lipinski definition) is 1. The van der Waals surface area contributed by atoms with Crippen LogP contribution in [0, 0.1) is 0 Å². The fourth-order valence-electron chi connectivity index (χ4n) is 7.01. The van der Waals surface area contributed by atoms with Gasteiger partial charge in [0.25, 0.3) is 0 Å². The van der Waals surface area contributed by atoms with Crippen molar-refractivity contribution in [1.82, 2.24) is 0 Å². The summed E-state index contributed by atoms with van der Waals surface area (Å²) in [6.45, 7) is 0. The van der Waals surface area contributed by atoms with Crippen LogP contribution >= 0.6 is 11.8 Å². The number of nitrogens with one attached hydrogen (secondary N) is 1. The number of furan rings is 1. The van der Waals surface area contributed by atoms with Crippen LogP contribution in [0.25, 0.3) is 33.1 Å². The first kappa shape index (κ1) is 22.1. The molecule has 0 fully saturated rings. The van der Waals surface area contributed by atoms with E-state index in [4.69, 9.17) is 4.42 Å². The minimum Gasteiger partial charge on any atom is -0.454 e. The molecule has 0 amide bonds. The molecule has 0 saturated carbocycles. The van der Waals surface area contributed by atoms with Gasteiger partial charge in [-0.15, -0.1) is 0 Å². The Morgan fingerprint density at radius 2 is 1.10 bits per heavy atom. The van der Waals surface area contributed by atoms with Crippen molar-refractivity contribution >= 4 is 45.1 Å². The molecule has 0 radical (unpaired) electrons. The van der Waals surface area contributed by atoms with Gasteiger partial charge in [-0.25, -0.2) is 0 Å². The minimum atomic E-state index is -0.435. The Kier molecular flexibility index (Phi) is 4.50. The first-order valence-corrected chi connectivity index (χ1v) is 14.4. The summed E-state index contributed by atoms with van der Waals surface area (Å²) in [4.78, 5) is 2.57. The molecule has 9 rings (SSSR count). The first-order chi connectivity index (χ1) is 19.8. The molecular weight excluding hydrogens is 506 g/mol. The van der Waals surface area contributed by atoms with Gasteiger partial charge in [-0.1, -0.05) is 115 Å². The predicted octanol–water partition coefficient (Wildman–Crippen LogP) is 10.2. The van der Waals surface area contributed by atoms with E-state index < -0.39 is 5.41 Å². The van der Waals surface area contributed by atoms with E-state index in [2.05, 4.69) is 127 Å². The van der Waals surface area contributed by atoms with Crippen molar-refractivity contribution in [2.45, 2.75) is 15.2 Å². The van der Waals surface area contributed by atoms with Gasteiger partial charge in [-0.3, -0.25) is 0 Å². The van der Waals surface area contributed by atoms with Crippen molar-refractivity contribution in [3.8, 4) is 11.1 Å². The van der Waals surface area contributed by atoms with Crippen molar-refractivity contribution < 1.29 is 4.42 Å². The summed E-state index contributed by atoms with van der Waals surface area (Å²) >= 11 is 1.86. The highest BCUT2D eigenvalue weighted by Crippen LogP contribution is 2.63. The normalized spacial score (nSPS) is 14.1. The lowest BCUT2D eigenvalue weighted by molar-refractivity contribution is 0.670. The summed E-state index contributed by atoms with van der Waals surface area (Å²) in [7, 11) is 0. The van der Waals surface area contributed by atoms with E-state index in [0.717, 1.165) is 33.3 Å². The van der Waals surface area contributed by atoms with E-state index >= 15 is 0 Å². The van der Waals surface area contributed by atoms with Crippen LogP contribution in [0.1, 0.15) is 22.3 Å². The molecule has 7 aromatic rings. The zero-order chi connectivity index (χ0) is 26.3. The van der Waals surface area contributed by atoms with Crippen LogP contribution in [0.4, 0.5) is 11.4 Å². The fraction of sp³-hybridized carbons (Fsp3) is 0.0270. The second kappa shape index (κ2) is 8.14. The quantitative estimate of drug-likeness (QED) is 0.241. The summed E-state index contributed by atoms with van der Waals surface area (Å²) in [5, 5.41) is 6.13. The summed E-state index contributed by atoms with van der Waals surface area (Å²) in [5.41, 5.74) is 11.3. The molecule has 40 heavy (non-hydrogen) atoms. The highest BCUT2D eigenvalue weighted by atomic mass is 32.2. The van der Waals surface area contributed by atoms with Crippen LogP contribution in [-0.4, -0.2) is 0 Å². The lowest BCUT2D eigenvalue weighted by Crippen LogP contribution is -2.32. The Hall–Kier alpha value is -4.73. The number of rotatable bonds is 2. The highest BCUT2D eigenvalue weighted by Gasteiger charge is 2.51. The molecule has 3 heteroatoms. The molecule has 0 atom stereocenters. The third-order valence-electron chi connectivity index (χ3n) is 8.54. The molecule has 0 unspecified atom stereocenters. The molecule has 2 aliphatic rings. The first-order valence-electron chi connectivity index (χ1n) is 13.6. The van der Waals surface area contributed by atoms with Gasteiger partial charge in [0.2, 0.25) is 0 Å². The number of para-hydroxylation sites is 2. The van der Waals surface area contributed by atoms with Crippen LogP contribution in [0.3, 0.4) is 0 Å². The Morgan fingerprint density at radius 1 is 0.500 bits per heavy atom. The molecule has 2 nitrogen and oxygen atoms in total. The van der Waals surface area contributed by atoms with Gasteiger partial charge in [-0.2, -0.15) is 0 Å². The van der Waals surface area contributed by atoms with Crippen LogP contribution < -0.4 is 5.32 Å². The maximum Gasteiger partial charge on any atom is 0.158 e. The monoisotopic (exact) mass is 529 g/mol. The summed E-state index contributed by atoms with van der Waals surface area (Å²) in [6, 6.07) is 48.1. The molecular formula is C37H23NOS. The van der Waals surface area contributed by atoms with E-state index in [1.165, 1.54) is 43.2 Å². The zero-order valence-electron chi connectivity index (χ0n) is 21.5. The number of fused-ring (bicyclic) bond motifs is 12. The molecule has 2 heterocycles. The van der Waals surface area contributed by atoms with Crippen molar-refractivity contribution in [1.29, 1.82) is 0 Å². The SMILES string of the molecule is c1ccc2c(c1)Sc1cccc(Nc3cccc4c3oc3ccccc34)c1C21c2ccccc2-c2ccccc21. The summed E-state index contributed by atoms with van der Waals surface area (Å²) < 4.78 is 6.42. The highest BCUT2D eigenvalue weighted by molar-refractivity contribution is 7.99. The fourth-order valence-corrected chi connectivity index (χ4v) is 8.24. The molecule has 188 valence electrons. The Bertz CT molecular complexity index is 2090. The average molecular weight is 530 g/mol. The third kappa shape index (κ3) is 2.80. The number of benzene rings is 6. The summed E-state index contributed by atoms with van der Waals surface area (Å²) in [6.07, 6.45) is 0. The van der Waals surface area contributed by atoms with Crippen LogP contribution in [0.15, 0.2) is 148 Å². The lowest BCUT2D eigenvalue weighted by atomic mass is 9.66. The Balaban J connectivity index is 1.36. The molecule has 1 aromatic heterocycles. The van der Waals surface area contributed by atoms with Gasteiger partial charge in [0.1, 0.15) is 5.58 Å². The van der Waals surface area contributed by atoms with E-state index in [-0.39, 0.29) is 0 Å². The second-order valence-electron chi connectivity index (χ2n) is 10.5. The van der Waals surface area contributed by atoms with Crippen molar-refractivity contribution in [3.63, 3.8) is 0 Å². The average Bonchev–Trinajstić information content (AvgIpc) is 3.53. The largest absolute Gasteiger partial charge is 0.454 e. The number of anilines is 2. The van der Waals surface area contributed by atoms with Crippen LogP contribution in [-0.2, 0) is 5.41 Å². The van der Waals surface area contributed by atoms with Gasteiger partial charge in [-0.05, 0) is 58.1 Å². The van der Waals surface area contributed by atoms with Crippen molar-refractivity contribution in [2.24, 2.45) is 0 Å². The topological polar surface area (TPSA) is 25.2 Å². The van der Waals surface area contributed by atoms with E-state index in [9.17, 15) is 0 Å². The van der Waals surface area contributed by atoms with Gasteiger partial charge in [0, 0.05) is 31.8 Å². The van der Waals surface area contributed by atoms with E-state index in [1.807, 2.05) is 23.9 Å². The van der Waals surface area contributed by atoms with Gasteiger partial charge in [0.15, 0.2) is 5.58 Å². The standard InChI is InChI=1S/C37H23NOS/c1-4-15-27-23(11-1)24-12-2-5-16-28(24)37(27)29-17-6-8-21-33(29)40-34-22-10-18-30(35(34)37)38-31-19-9-14-26-25-13-3-7-20-32(25)39-36(26)31/h1-22,38H. The van der Waals surface area contributed by atoms with E-state index in [1.54, 1.807) is 0 Å². The zero-order valence-corrected chi connectivity index (χ0v) is 22.3. The van der Waals surface area contributed by atoms with Gasteiger partial charge in [0.05, 0.1) is 11.1 Å². The summed E-state index contributed by atoms with van der Waals surface area (Å²) in [5.74, 6) is 0. The molecule has 1 aliphatic heterocycles. The lowest BCUT2D eigenvalue weighted by Gasteiger charge is -2.41.